The van der Waals surface area contributed by atoms with Crippen LogP contribution in [-0.4, -0.2) is 37.2 Å². The van der Waals surface area contributed by atoms with Crippen molar-refractivity contribution in [1.29, 1.82) is 0 Å². The molecule has 102 valence electrons. The normalized spacial score (nSPS) is 12.4. The SMILES string of the molecule is CS(=O)(=O)CCCNc1ccc(C(F)(F)F)nn1. The molecule has 1 aromatic heterocycles. The van der Waals surface area contributed by atoms with Crippen molar-refractivity contribution in [2.24, 2.45) is 0 Å². The summed E-state index contributed by atoms with van der Waals surface area (Å²) in [5.41, 5.74) is -1.07. The molecule has 18 heavy (non-hydrogen) atoms. The molecule has 0 amide bonds. The van der Waals surface area contributed by atoms with Crippen molar-refractivity contribution in [2.75, 3.05) is 23.9 Å². The van der Waals surface area contributed by atoms with Crippen molar-refractivity contribution < 1.29 is 21.6 Å². The molecule has 0 aliphatic rings. The monoisotopic (exact) mass is 283 g/mol. The fourth-order valence-corrected chi connectivity index (χ4v) is 1.80. The molecule has 0 atom stereocenters. The minimum atomic E-state index is -4.51. The number of nitrogens with zero attached hydrogens (tertiary/aromatic N) is 2. The van der Waals surface area contributed by atoms with Gasteiger partial charge in [-0.25, -0.2) is 8.42 Å². The molecule has 0 aliphatic heterocycles. The number of nitrogens with one attached hydrogen (secondary N) is 1. The van der Waals surface area contributed by atoms with Gasteiger partial charge in [-0.05, 0) is 18.6 Å². The molecule has 0 saturated carbocycles. The zero-order valence-electron chi connectivity index (χ0n) is 9.53. The van der Waals surface area contributed by atoms with E-state index < -0.39 is 21.7 Å². The summed E-state index contributed by atoms with van der Waals surface area (Å²) in [6, 6.07) is 1.96. The van der Waals surface area contributed by atoms with E-state index in [0.717, 1.165) is 18.4 Å². The van der Waals surface area contributed by atoms with Crippen molar-refractivity contribution in [3.8, 4) is 0 Å². The number of halogens is 3. The number of anilines is 1. The number of hydrogen-bond donors (Lipinski definition) is 1. The highest BCUT2D eigenvalue weighted by molar-refractivity contribution is 7.90. The third-order valence-electron chi connectivity index (χ3n) is 1.95. The molecule has 0 aliphatic carbocycles. The Hall–Kier alpha value is -1.38. The van der Waals surface area contributed by atoms with Crippen molar-refractivity contribution >= 4 is 15.7 Å². The molecule has 1 aromatic rings. The molecule has 0 saturated heterocycles. The first-order valence-corrected chi connectivity index (χ1v) is 7.07. The Morgan fingerprint density at radius 2 is 1.94 bits per heavy atom. The van der Waals surface area contributed by atoms with Crippen LogP contribution < -0.4 is 5.32 Å². The molecular weight excluding hydrogens is 271 g/mol. The van der Waals surface area contributed by atoms with Crippen LogP contribution in [0.4, 0.5) is 19.0 Å². The molecule has 0 aromatic carbocycles. The Bertz CT molecular complexity index is 485. The number of rotatable bonds is 5. The summed E-state index contributed by atoms with van der Waals surface area (Å²) >= 11 is 0. The highest BCUT2D eigenvalue weighted by Crippen LogP contribution is 2.26. The zero-order chi connectivity index (χ0) is 13.8. The second-order valence-corrected chi connectivity index (χ2v) is 5.97. The largest absolute Gasteiger partial charge is 0.435 e. The van der Waals surface area contributed by atoms with E-state index in [0.29, 0.717) is 13.0 Å². The first-order chi connectivity index (χ1) is 8.18. The molecule has 1 N–H and O–H groups in total. The van der Waals surface area contributed by atoms with Crippen molar-refractivity contribution in [1.82, 2.24) is 10.2 Å². The van der Waals surface area contributed by atoms with Crippen molar-refractivity contribution in [3.05, 3.63) is 17.8 Å². The molecule has 0 fully saturated rings. The van der Waals surface area contributed by atoms with Gasteiger partial charge in [-0.3, -0.25) is 0 Å². The predicted octanol–water partition coefficient (Wildman–Crippen LogP) is 1.34. The standard InChI is InChI=1S/C9H12F3N3O2S/c1-18(16,17)6-2-5-13-8-4-3-7(14-15-8)9(10,11)12/h3-4H,2,5-6H2,1H3,(H,13,15). The van der Waals surface area contributed by atoms with Crippen LogP contribution in [0, 0.1) is 0 Å². The Labute approximate surface area is 102 Å². The Kier molecular flexibility index (Phi) is 4.49. The molecule has 9 heteroatoms. The summed E-state index contributed by atoms with van der Waals surface area (Å²) in [5, 5.41) is 9.06. The number of alkyl halides is 3. The molecule has 1 rings (SSSR count). The lowest BCUT2D eigenvalue weighted by Crippen LogP contribution is -2.13. The van der Waals surface area contributed by atoms with Crippen LogP contribution in [0.1, 0.15) is 12.1 Å². The topological polar surface area (TPSA) is 72.0 Å². The lowest BCUT2D eigenvalue weighted by atomic mass is 10.3. The van der Waals surface area contributed by atoms with E-state index >= 15 is 0 Å². The van der Waals surface area contributed by atoms with Gasteiger partial charge in [0.1, 0.15) is 15.7 Å². The summed E-state index contributed by atoms with van der Waals surface area (Å²) in [7, 11) is -3.03. The first-order valence-electron chi connectivity index (χ1n) is 5.01. The maximum atomic E-state index is 12.2. The number of hydrogen-bond acceptors (Lipinski definition) is 5. The second-order valence-electron chi connectivity index (χ2n) is 3.71. The van der Waals surface area contributed by atoms with Crippen LogP contribution in [0.5, 0.6) is 0 Å². The zero-order valence-corrected chi connectivity index (χ0v) is 10.3. The third kappa shape index (κ3) is 5.30. The van der Waals surface area contributed by atoms with Crippen LogP contribution in [0.25, 0.3) is 0 Å². The summed E-state index contributed by atoms with van der Waals surface area (Å²) in [6.45, 7) is 0.299. The minimum Gasteiger partial charge on any atom is -0.369 e. The quantitative estimate of drug-likeness (QED) is 0.826. The van der Waals surface area contributed by atoms with Gasteiger partial charge in [0.15, 0.2) is 5.69 Å². The lowest BCUT2D eigenvalue weighted by Gasteiger charge is -2.07. The van der Waals surface area contributed by atoms with Gasteiger partial charge in [-0.1, -0.05) is 0 Å². The van der Waals surface area contributed by atoms with Gasteiger partial charge in [0.25, 0.3) is 0 Å². The molecule has 0 radical (unpaired) electrons. The van der Waals surface area contributed by atoms with Crippen LogP contribution in [-0.2, 0) is 16.0 Å². The second kappa shape index (κ2) is 5.51. The molecule has 5 nitrogen and oxygen atoms in total. The molecule has 0 unspecified atom stereocenters. The van der Waals surface area contributed by atoms with Crippen molar-refractivity contribution in [3.63, 3.8) is 0 Å². The van der Waals surface area contributed by atoms with E-state index in [-0.39, 0.29) is 11.6 Å². The fourth-order valence-electron chi connectivity index (χ4n) is 1.13. The Morgan fingerprint density at radius 1 is 1.28 bits per heavy atom. The van der Waals surface area contributed by atoms with Gasteiger partial charge in [-0.2, -0.15) is 13.2 Å². The fraction of sp³-hybridized carbons (Fsp3) is 0.556. The van der Waals surface area contributed by atoms with Crippen LogP contribution in [0.2, 0.25) is 0 Å². The highest BCUT2D eigenvalue weighted by Gasteiger charge is 2.32. The van der Waals surface area contributed by atoms with Crippen LogP contribution >= 0.6 is 0 Å². The van der Waals surface area contributed by atoms with Gasteiger partial charge >= 0.3 is 6.18 Å². The molecule has 0 spiro atoms. The van der Waals surface area contributed by atoms with E-state index in [4.69, 9.17) is 0 Å². The van der Waals surface area contributed by atoms with E-state index in [1.54, 1.807) is 0 Å². The molecular formula is C9H12F3N3O2S. The first kappa shape index (κ1) is 14.7. The minimum absolute atomic E-state index is 0.00800. The van der Waals surface area contributed by atoms with E-state index in [1.165, 1.54) is 0 Å². The maximum absolute atomic E-state index is 12.2. The summed E-state index contributed by atoms with van der Waals surface area (Å²) in [5.74, 6) is 0.185. The van der Waals surface area contributed by atoms with Gasteiger partial charge in [0, 0.05) is 12.8 Å². The van der Waals surface area contributed by atoms with Gasteiger partial charge in [-0.15, -0.1) is 10.2 Å². The van der Waals surface area contributed by atoms with E-state index in [2.05, 4.69) is 15.5 Å². The van der Waals surface area contributed by atoms with E-state index in [9.17, 15) is 21.6 Å². The van der Waals surface area contributed by atoms with Crippen LogP contribution in [0.3, 0.4) is 0 Å². The van der Waals surface area contributed by atoms with Crippen molar-refractivity contribution in [2.45, 2.75) is 12.6 Å². The molecule has 1 heterocycles. The highest BCUT2D eigenvalue weighted by atomic mass is 32.2. The smallest absolute Gasteiger partial charge is 0.369 e. The average Bonchev–Trinajstić information content (AvgIpc) is 2.22. The Morgan fingerprint density at radius 3 is 2.39 bits per heavy atom. The summed E-state index contributed by atoms with van der Waals surface area (Å²) < 4.78 is 58.1. The lowest BCUT2D eigenvalue weighted by molar-refractivity contribution is -0.141. The average molecular weight is 283 g/mol. The predicted molar refractivity (Wildman–Crippen MR) is 59.9 cm³/mol. The van der Waals surface area contributed by atoms with Gasteiger partial charge in [0.05, 0.1) is 5.75 Å². The summed E-state index contributed by atoms with van der Waals surface area (Å²) in [6.07, 6.45) is -3.05. The number of sulfone groups is 1. The number of aromatic nitrogens is 2. The molecule has 0 bridgehead atoms. The van der Waals surface area contributed by atoms with E-state index in [1.807, 2.05) is 0 Å². The summed E-state index contributed by atoms with van der Waals surface area (Å²) in [4.78, 5) is 0. The van der Waals surface area contributed by atoms with Gasteiger partial charge in [0.2, 0.25) is 0 Å². The van der Waals surface area contributed by atoms with Crippen LogP contribution in [0.15, 0.2) is 12.1 Å². The van der Waals surface area contributed by atoms with Gasteiger partial charge < -0.3 is 5.32 Å². The third-order valence-corrected chi connectivity index (χ3v) is 2.98. The maximum Gasteiger partial charge on any atom is 0.435 e. The Balaban J connectivity index is 2.45.